The summed E-state index contributed by atoms with van der Waals surface area (Å²) in [5, 5.41) is 3.08. The lowest BCUT2D eigenvalue weighted by Crippen LogP contribution is -2.51. The van der Waals surface area contributed by atoms with Crippen LogP contribution in [0, 0.1) is 19.8 Å². The summed E-state index contributed by atoms with van der Waals surface area (Å²) < 4.78 is 40.8. The molecule has 0 spiro atoms. The van der Waals surface area contributed by atoms with Gasteiger partial charge in [0.15, 0.2) is 0 Å². The molecule has 1 heterocycles. The monoisotopic (exact) mass is 440 g/mol. The van der Waals surface area contributed by atoms with E-state index in [4.69, 9.17) is 0 Å². The fraction of sp³-hybridized carbons (Fsp3) is 0.308. The van der Waals surface area contributed by atoms with Crippen LogP contribution >= 0.6 is 0 Å². The molecule has 32 heavy (non-hydrogen) atoms. The van der Waals surface area contributed by atoms with E-state index in [9.17, 15) is 18.0 Å². The van der Waals surface area contributed by atoms with E-state index in [1.807, 2.05) is 50.2 Å². The average molecular weight is 441 g/mol. The van der Waals surface area contributed by atoms with Crippen molar-refractivity contribution in [2.24, 2.45) is 5.92 Å². The van der Waals surface area contributed by atoms with Crippen molar-refractivity contribution >= 4 is 5.91 Å². The number of alkyl halides is 3. The zero-order chi connectivity index (χ0) is 23.5. The zero-order valence-electron chi connectivity index (χ0n) is 18.6. The molecule has 0 saturated heterocycles. The lowest BCUT2D eigenvalue weighted by Gasteiger charge is -2.37. The summed E-state index contributed by atoms with van der Waals surface area (Å²) in [7, 11) is 0. The number of carbonyl (C=O) groups is 1. The molecular weight excluding hydrogens is 413 g/mol. The lowest BCUT2D eigenvalue weighted by molar-refractivity contribution is -0.137. The molecule has 1 atom stereocenters. The third-order valence-corrected chi connectivity index (χ3v) is 5.48. The summed E-state index contributed by atoms with van der Waals surface area (Å²) in [5.41, 5.74) is 1.42. The van der Waals surface area contributed by atoms with E-state index in [0.717, 1.165) is 28.8 Å². The van der Waals surface area contributed by atoms with Crippen LogP contribution < -0.4 is 5.32 Å². The Morgan fingerprint density at radius 1 is 0.969 bits per heavy atom. The van der Waals surface area contributed by atoms with Crippen LogP contribution in [-0.4, -0.2) is 10.9 Å². The molecule has 0 aliphatic rings. The van der Waals surface area contributed by atoms with Gasteiger partial charge in [0.2, 0.25) is 5.91 Å². The first-order valence-corrected chi connectivity index (χ1v) is 10.5. The number of benzene rings is 2. The molecule has 0 radical (unpaired) electrons. The van der Waals surface area contributed by atoms with E-state index in [0.29, 0.717) is 11.3 Å². The molecule has 1 aromatic heterocycles. The third kappa shape index (κ3) is 5.01. The smallest absolute Gasteiger partial charge is 0.340 e. The van der Waals surface area contributed by atoms with Gasteiger partial charge in [-0.25, -0.2) is 0 Å². The summed E-state index contributed by atoms with van der Waals surface area (Å²) in [4.78, 5) is 17.6. The number of aromatic nitrogens is 1. The molecule has 3 aromatic rings. The van der Waals surface area contributed by atoms with Gasteiger partial charge >= 0.3 is 6.18 Å². The first kappa shape index (κ1) is 23.5. The fourth-order valence-electron chi connectivity index (χ4n) is 3.88. The molecule has 1 unspecified atom stereocenters. The Bertz CT molecular complexity index is 1090. The van der Waals surface area contributed by atoms with Crippen molar-refractivity contribution in [1.29, 1.82) is 0 Å². The standard InChI is InChI=1S/C26H27F3N2O/c1-17(2)24(32)31-25(15-20-9-6-5-7-10-20,23-19(4)13-18(3)16-30-23)21-11-8-12-22(14-21)26(27,28)29/h5-14,16-17H,15H2,1-4H3,(H,31,32). The molecule has 1 amide bonds. The molecule has 0 saturated carbocycles. The summed E-state index contributed by atoms with van der Waals surface area (Å²) in [6.45, 7) is 7.28. The molecule has 1 N–H and O–H groups in total. The number of rotatable bonds is 6. The van der Waals surface area contributed by atoms with Crippen LogP contribution in [0.25, 0.3) is 0 Å². The Hall–Kier alpha value is -3.15. The van der Waals surface area contributed by atoms with Gasteiger partial charge in [0.05, 0.1) is 11.3 Å². The number of hydrogen-bond donors (Lipinski definition) is 1. The molecule has 0 fully saturated rings. The minimum absolute atomic E-state index is 0.254. The highest BCUT2D eigenvalue weighted by molar-refractivity contribution is 5.79. The molecule has 0 aliphatic carbocycles. The predicted molar refractivity (Wildman–Crippen MR) is 119 cm³/mol. The van der Waals surface area contributed by atoms with E-state index in [1.165, 1.54) is 6.07 Å². The fourth-order valence-corrected chi connectivity index (χ4v) is 3.88. The highest BCUT2D eigenvalue weighted by Gasteiger charge is 2.41. The quantitative estimate of drug-likeness (QED) is 0.513. The SMILES string of the molecule is Cc1cnc(C(Cc2ccccc2)(NC(=O)C(C)C)c2cccc(C(F)(F)F)c2)c(C)c1. The molecule has 3 rings (SSSR count). The third-order valence-electron chi connectivity index (χ3n) is 5.48. The van der Waals surface area contributed by atoms with Crippen molar-refractivity contribution in [3.05, 3.63) is 100 Å². The first-order chi connectivity index (χ1) is 15.0. The molecule has 168 valence electrons. The maximum absolute atomic E-state index is 13.6. The van der Waals surface area contributed by atoms with Crippen LogP contribution in [0.5, 0.6) is 0 Å². The molecule has 2 aromatic carbocycles. The molecular formula is C26H27F3N2O. The molecule has 6 heteroatoms. The second kappa shape index (κ2) is 9.15. The van der Waals surface area contributed by atoms with Crippen molar-refractivity contribution in [2.75, 3.05) is 0 Å². The Labute approximate surface area is 186 Å². The van der Waals surface area contributed by atoms with E-state index in [-0.39, 0.29) is 18.2 Å². The maximum atomic E-state index is 13.6. The van der Waals surface area contributed by atoms with Crippen LogP contribution in [-0.2, 0) is 22.9 Å². The number of pyridine rings is 1. The highest BCUT2D eigenvalue weighted by atomic mass is 19.4. The average Bonchev–Trinajstić information content (AvgIpc) is 2.73. The van der Waals surface area contributed by atoms with E-state index in [1.54, 1.807) is 26.1 Å². The largest absolute Gasteiger partial charge is 0.416 e. The normalized spacial score (nSPS) is 13.6. The number of nitrogens with zero attached hydrogens (tertiary/aromatic N) is 1. The molecule has 3 nitrogen and oxygen atoms in total. The van der Waals surface area contributed by atoms with Gasteiger partial charge in [0.1, 0.15) is 5.54 Å². The maximum Gasteiger partial charge on any atom is 0.416 e. The minimum atomic E-state index is -4.51. The van der Waals surface area contributed by atoms with Gasteiger partial charge in [-0.3, -0.25) is 9.78 Å². The first-order valence-electron chi connectivity index (χ1n) is 10.5. The van der Waals surface area contributed by atoms with Crippen molar-refractivity contribution in [2.45, 2.75) is 45.8 Å². The van der Waals surface area contributed by atoms with Crippen molar-refractivity contribution < 1.29 is 18.0 Å². The van der Waals surface area contributed by atoms with Crippen LogP contribution in [0.1, 0.15) is 47.4 Å². The second-order valence-electron chi connectivity index (χ2n) is 8.47. The zero-order valence-corrected chi connectivity index (χ0v) is 18.6. The van der Waals surface area contributed by atoms with Crippen molar-refractivity contribution in [1.82, 2.24) is 10.3 Å². The highest BCUT2D eigenvalue weighted by Crippen LogP contribution is 2.38. The van der Waals surface area contributed by atoms with Gasteiger partial charge in [-0.15, -0.1) is 0 Å². The van der Waals surface area contributed by atoms with Crippen molar-refractivity contribution in [3.63, 3.8) is 0 Å². The second-order valence-corrected chi connectivity index (χ2v) is 8.47. The van der Waals surface area contributed by atoms with Gasteiger partial charge < -0.3 is 5.32 Å². The van der Waals surface area contributed by atoms with Crippen LogP contribution in [0.2, 0.25) is 0 Å². The van der Waals surface area contributed by atoms with Crippen LogP contribution in [0.3, 0.4) is 0 Å². The number of amides is 1. The summed E-state index contributed by atoms with van der Waals surface area (Å²) >= 11 is 0. The Balaban J connectivity index is 2.33. The predicted octanol–water partition coefficient (Wildman–Crippen LogP) is 5.98. The van der Waals surface area contributed by atoms with E-state index >= 15 is 0 Å². The van der Waals surface area contributed by atoms with Gasteiger partial charge in [-0.1, -0.05) is 62.4 Å². The summed E-state index contributed by atoms with van der Waals surface area (Å²) in [5.74, 6) is -0.623. The molecule has 0 aliphatic heterocycles. The number of nitrogens with one attached hydrogen (secondary N) is 1. The Morgan fingerprint density at radius 3 is 2.22 bits per heavy atom. The van der Waals surface area contributed by atoms with E-state index < -0.39 is 17.3 Å². The topological polar surface area (TPSA) is 42.0 Å². The van der Waals surface area contributed by atoms with Gasteiger partial charge in [0.25, 0.3) is 0 Å². The number of halogens is 3. The van der Waals surface area contributed by atoms with Gasteiger partial charge in [-0.2, -0.15) is 13.2 Å². The number of hydrogen-bond acceptors (Lipinski definition) is 2. The minimum Gasteiger partial charge on any atom is -0.340 e. The van der Waals surface area contributed by atoms with Crippen molar-refractivity contribution in [3.8, 4) is 0 Å². The Kier molecular flexibility index (Phi) is 6.72. The molecule has 0 bridgehead atoms. The number of aryl methyl sites for hydroxylation is 2. The van der Waals surface area contributed by atoms with Gasteiger partial charge in [0, 0.05) is 18.5 Å². The lowest BCUT2D eigenvalue weighted by atomic mass is 9.78. The number of carbonyl (C=O) groups excluding carboxylic acids is 1. The summed E-state index contributed by atoms with van der Waals surface area (Å²) in [6.07, 6.45) is -2.58. The van der Waals surface area contributed by atoms with Crippen LogP contribution in [0.15, 0.2) is 66.9 Å². The Morgan fingerprint density at radius 2 is 1.62 bits per heavy atom. The summed E-state index contributed by atoms with van der Waals surface area (Å²) in [6, 6.07) is 16.5. The van der Waals surface area contributed by atoms with Gasteiger partial charge in [-0.05, 0) is 48.2 Å². The van der Waals surface area contributed by atoms with E-state index in [2.05, 4.69) is 10.3 Å². The van der Waals surface area contributed by atoms with Crippen LogP contribution in [0.4, 0.5) is 13.2 Å².